The average molecular weight is 313 g/mol. The fourth-order valence-electron chi connectivity index (χ4n) is 2.12. The maximum atomic E-state index is 11.8. The molecule has 0 saturated carbocycles. The third kappa shape index (κ3) is 3.40. The van der Waals surface area contributed by atoms with Gasteiger partial charge in [0.1, 0.15) is 11.3 Å². The average Bonchev–Trinajstić information content (AvgIpc) is 3.16. The molecule has 0 fully saturated rings. The van der Waals surface area contributed by atoms with Gasteiger partial charge in [0, 0.05) is 16.5 Å². The number of hydrogen-bond donors (Lipinski definition) is 1. The molecule has 6 heteroatoms. The van der Waals surface area contributed by atoms with Crippen molar-refractivity contribution >= 4 is 17.2 Å². The zero-order valence-corrected chi connectivity index (χ0v) is 12.9. The van der Waals surface area contributed by atoms with Crippen LogP contribution in [0.1, 0.15) is 15.6 Å². The van der Waals surface area contributed by atoms with Crippen LogP contribution in [0.4, 0.5) is 0 Å². The van der Waals surface area contributed by atoms with E-state index in [2.05, 4.69) is 15.5 Å². The van der Waals surface area contributed by atoms with Crippen molar-refractivity contribution in [3.8, 4) is 11.3 Å². The second-order valence-electron chi connectivity index (χ2n) is 4.82. The molecule has 0 spiro atoms. The Morgan fingerprint density at radius 1 is 1.27 bits per heavy atom. The minimum Gasteiger partial charge on any atom is -0.364 e. The number of thiazole rings is 1. The van der Waals surface area contributed by atoms with Crippen LogP contribution in [0.3, 0.4) is 0 Å². The van der Waals surface area contributed by atoms with Crippen molar-refractivity contribution in [3.63, 3.8) is 0 Å². The fourth-order valence-corrected chi connectivity index (χ4v) is 3.02. The summed E-state index contributed by atoms with van der Waals surface area (Å²) in [7, 11) is 0. The molecule has 1 aromatic carbocycles. The molecule has 3 aromatic rings. The van der Waals surface area contributed by atoms with Gasteiger partial charge in [0.2, 0.25) is 5.91 Å². The molecule has 0 unspecified atom stereocenters. The number of benzene rings is 1. The van der Waals surface area contributed by atoms with Crippen LogP contribution in [0.2, 0.25) is 0 Å². The van der Waals surface area contributed by atoms with Gasteiger partial charge in [-0.3, -0.25) is 4.79 Å². The first-order valence-electron chi connectivity index (χ1n) is 6.90. The number of aryl methyl sites for hydroxylation is 1. The van der Waals surface area contributed by atoms with Crippen LogP contribution < -0.4 is 5.32 Å². The van der Waals surface area contributed by atoms with E-state index in [1.807, 2.05) is 37.3 Å². The number of hydrogen-bond acceptors (Lipinski definition) is 5. The third-order valence-corrected chi connectivity index (χ3v) is 4.13. The molecule has 0 atom stereocenters. The first-order valence-corrected chi connectivity index (χ1v) is 7.71. The number of rotatable bonds is 5. The number of aromatic nitrogens is 2. The largest absolute Gasteiger partial charge is 0.364 e. The SMILES string of the molecule is Cc1sc(CNC(=O)Cc2ccon2)nc1-c1ccccc1. The topological polar surface area (TPSA) is 68.0 Å². The molecule has 0 aliphatic carbocycles. The number of carbonyl (C=O) groups excluding carboxylic acids is 1. The molecule has 0 saturated heterocycles. The smallest absolute Gasteiger partial charge is 0.226 e. The number of amides is 1. The first kappa shape index (κ1) is 14.5. The lowest BCUT2D eigenvalue weighted by Crippen LogP contribution is -2.24. The Kier molecular flexibility index (Phi) is 4.29. The van der Waals surface area contributed by atoms with Gasteiger partial charge in [-0.25, -0.2) is 4.98 Å². The normalized spacial score (nSPS) is 10.6. The minimum absolute atomic E-state index is 0.0944. The molecule has 112 valence electrons. The summed E-state index contributed by atoms with van der Waals surface area (Å²) < 4.78 is 4.71. The molecular weight excluding hydrogens is 298 g/mol. The van der Waals surface area contributed by atoms with Crippen molar-refractivity contribution in [1.82, 2.24) is 15.5 Å². The lowest BCUT2D eigenvalue weighted by Gasteiger charge is -2.00. The predicted molar refractivity (Wildman–Crippen MR) is 84.3 cm³/mol. The molecule has 5 nitrogen and oxygen atoms in total. The summed E-state index contributed by atoms with van der Waals surface area (Å²) in [4.78, 5) is 17.6. The lowest BCUT2D eigenvalue weighted by atomic mass is 10.1. The summed E-state index contributed by atoms with van der Waals surface area (Å²) in [5.41, 5.74) is 2.69. The Morgan fingerprint density at radius 3 is 2.82 bits per heavy atom. The zero-order chi connectivity index (χ0) is 15.4. The summed E-state index contributed by atoms with van der Waals surface area (Å²) in [6.45, 7) is 2.47. The van der Waals surface area contributed by atoms with Crippen LogP contribution in [0.15, 0.2) is 47.2 Å². The van der Waals surface area contributed by atoms with Gasteiger partial charge in [0.05, 0.1) is 24.4 Å². The minimum atomic E-state index is -0.0944. The Balaban J connectivity index is 1.63. The second kappa shape index (κ2) is 6.53. The van der Waals surface area contributed by atoms with Crippen molar-refractivity contribution in [3.05, 3.63) is 58.2 Å². The van der Waals surface area contributed by atoms with Crippen LogP contribution in [0.5, 0.6) is 0 Å². The Hall–Kier alpha value is -2.47. The highest BCUT2D eigenvalue weighted by atomic mass is 32.1. The summed E-state index contributed by atoms with van der Waals surface area (Å²) in [5.74, 6) is -0.0944. The lowest BCUT2D eigenvalue weighted by molar-refractivity contribution is -0.120. The van der Waals surface area contributed by atoms with E-state index in [1.54, 1.807) is 17.4 Å². The second-order valence-corrected chi connectivity index (χ2v) is 6.11. The third-order valence-electron chi connectivity index (χ3n) is 3.16. The molecule has 22 heavy (non-hydrogen) atoms. The summed E-state index contributed by atoms with van der Waals surface area (Å²) in [6, 6.07) is 11.7. The van der Waals surface area contributed by atoms with Gasteiger partial charge < -0.3 is 9.84 Å². The molecule has 0 radical (unpaired) electrons. The van der Waals surface area contributed by atoms with Crippen LogP contribution >= 0.6 is 11.3 Å². The van der Waals surface area contributed by atoms with Gasteiger partial charge in [0.15, 0.2) is 0 Å². The molecule has 1 N–H and O–H groups in total. The first-order chi connectivity index (χ1) is 10.7. The maximum Gasteiger partial charge on any atom is 0.226 e. The highest BCUT2D eigenvalue weighted by Crippen LogP contribution is 2.27. The summed E-state index contributed by atoms with van der Waals surface area (Å²) in [5, 5.41) is 7.47. The van der Waals surface area contributed by atoms with E-state index < -0.39 is 0 Å². The van der Waals surface area contributed by atoms with Crippen molar-refractivity contribution in [2.45, 2.75) is 19.9 Å². The maximum absolute atomic E-state index is 11.8. The van der Waals surface area contributed by atoms with E-state index in [-0.39, 0.29) is 12.3 Å². The molecule has 0 aliphatic rings. The van der Waals surface area contributed by atoms with Crippen LogP contribution in [0.25, 0.3) is 11.3 Å². The van der Waals surface area contributed by atoms with Crippen LogP contribution in [-0.4, -0.2) is 16.0 Å². The van der Waals surface area contributed by atoms with Crippen molar-refractivity contribution in [2.75, 3.05) is 0 Å². The van der Waals surface area contributed by atoms with E-state index in [9.17, 15) is 4.79 Å². The Morgan fingerprint density at radius 2 is 2.09 bits per heavy atom. The Bertz CT molecular complexity index is 751. The molecule has 0 aliphatic heterocycles. The number of nitrogens with one attached hydrogen (secondary N) is 1. The van der Waals surface area contributed by atoms with Crippen molar-refractivity contribution in [2.24, 2.45) is 0 Å². The highest BCUT2D eigenvalue weighted by molar-refractivity contribution is 7.12. The summed E-state index contributed by atoms with van der Waals surface area (Å²) >= 11 is 1.60. The zero-order valence-electron chi connectivity index (χ0n) is 12.1. The molecule has 2 aromatic heterocycles. The van der Waals surface area contributed by atoms with Crippen LogP contribution in [0, 0.1) is 6.92 Å². The van der Waals surface area contributed by atoms with Gasteiger partial charge in [-0.2, -0.15) is 0 Å². The van der Waals surface area contributed by atoms with E-state index in [4.69, 9.17) is 4.52 Å². The molecule has 0 bridgehead atoms. The van der Waals surface area contributed by atoms with E-state index >= 15 is 0 Å². The van der Waals surface area contributed by atoms with Gasteiger partial charge in [-0.05, 0) is 6.92 Å². The van der Waals surface area contributed by atoms with Crippen molar-refractivity contribution in [1.29, 1.82) is 0 Å². The van der Waals surface area contributed by atoms with Gasteiger partial charge in [0.25, 0.3) is 0 Å². The number of nitrogens with zero attached hydrogens (tertiary/aromatic N) is 2. The fraction of sp³-hybridized carbons (Fsp3) is 0.188. The number of carbonyl (C=O) groups is 1. The van der Waals surface area contributed by atoms with E-state index in [1.165, 1.54) is 6.26 Å². The molecule has 1 amide bonds. The monoisotopic (exact) mass is 313 g/mol. The van der Waals surface area contributed by atoms with Gasteiger partial charge >= 0.3 is 0 Å². The molecule has 2 heterocycles. The predicted octanol–water partition coefficient (Wildman–Crippen LogP) is 2.97. The molecule has 3 rings (SSSR count). The van der Waals surface area contributed by atoms with Crippen molar-refractivity contribution < 1.29 is 9.32 Å². The van der Waals surface area contributed by atoms with Gasteiger partial charge in [-0.15, -0.1) is 11.3 Å². The van der Waals surface area contributed by atoms with Gasteiger partial charge in [-0.1, -0.05) is 35.5 Å². The summed E-state index contributed by atoms with van der Waals surface area (Å²) in [6.07, 6.45) is 1.67. The van der Waals surface area contributed by atoms with E-state index in [0.29, 0.717) is 12.2 Å². The quantitative estimate of drug-likeness (QED) is 0.786. The van der Waals surface area contributed by atoms with Crippen LogP contribution in [-0.2, 0) is 17.8 Å². The highest BCUT2D eigenvalue weighted by Gasteiger charge is 2.11. The van der Waals surface area contributed by atoms with E-state index in [0.717, 1.165) is 21.1 Å². The Labute approximate surface area is 132 Å². The molecular formula is C16H15N3O2S. The standard InChI is InChI=1S/C16H15N3O2S/c1-11-16(12-5-3-2-4-6-12)18-15(22-11)10-17-14(20)9-13-7-8-21-19-13/h2-8H,9-10H2,1H3,(H,17,20).